The smallest absolute Gasteiger partial charge is 0.305 e. The van der Waals surface area contributed by atoms with Gasteiger partial charge in [-0.05, 0) is 55.7 Å². The third-order valence-corrected chi connectivity index (χ3v) is 12.1. The van der Waals surface area contributed by atoms with E-state index in [1.807, 2.05) is 19.1 Å². The van der Waals surface area contributed by atoms with Crippen LogP contribution in [0.3, 0.4) is 0 Å². The number of aromatic amines is 1. The van der Waals surface area contributed by atoms with E-state index in [4.69, 9.17) is 9.47 Å². The van der Waals surface area contributed by atoms with Gasteiger partial charge in [0.1, 0.15) is 6.04 Å². The van der Waals surface area contributed by atoms with Crippen molar-refractivity contribution in [2.24, 2.45) is 29.6 Å². The SMILES string of the molecule is CCOc1cc(C2c3sc(=O)[nH]c3SC3C4CC(C5C(=O)N(C(C)C(=O)N6CCOCC6)C(=O)C45)C23)ccc1O. The predicted octanol–water partition coefficient (Wildman–Crippen LogP) is 2.26. The molecule has 8 atom stereocenters. The zero-order chi connectivity index (χ0) is 27.9. The number of aromatic hydroxyl groups is 1. The van der Waals surface area contributed by atoms with Crippen LogP contribution < -0.4 is 9.61 Å². The summed E-state index contributed by atoms with van der Waals surface area (Å²) >= 11 is 2.81. The number of H-pyrrole nitrogens is 1. The minimum atomic E-state index is -0.850. The number of nitrogens with zero attached hydrogens (tertiary/aromatic N) is 2. The van der Waals surface area contributed by atoms with Gasteiger partial charge in [-0.25, -0.2) is 0 Å². The second-order valence-electron chi connectivity index (χ2n) is 11.3. The maximum absolute atomic E-state index is 14.0. The Hall–Kier alpha value is -2.83. The van der Waals surface area contributed by atoms with Crippen molar-refractivity contribution in [3.05, 3.63) is 38.3 Å². The molecule has 5 aliphatic rings. The first-order valence-electron chi connectivity index (χ1n) is 13.9. The van der Waals surface area contributed by atoms with E-state index in [0.29, 0.717) is 38.7 Å². The lowest BCUT2D eigenvalue weighted by molar-refractivity contribution is -0.153. The molecule has 2 saturated heterocycles. The maximum Gasteiger partial charge on any atom is 0.305 e. The molecule has 2 N–H and O–H groups in total. The number of thiazole rings is 1. The minimum Gasteiger partial charge on any atom is -0.504 e. The number of aromatic nitrogens is 1. The number of phenolic OH excluding ortho intramolecular Hbond substituents is 1. The first kappa shape index (κ1) is 26.1. The molecule has 2 bridgehead atoms. The van der Waals surface area contributed by atoms with E-state index in [0.717, 1.165) is 21.9 Å². The summed E-state index contributed by atoms with van der Waals surface area (Å²) in [6.45, 7) is 5.72. The molecule has 3 aliphatic heterocycles. The van der Waals surface area contributed by atoms with Crippen molar-refractivity contribution < 1.29 is 29.0 Å². The van der Waals surface area contributed by atoms with Crippen LogP contribution in [0.25, 0.3) is 0 Å². The number of thioether (sulfide) groups is 1. The van der Waals surface area contributed by atoms with Gasteiger partial charge in [-0.3, -0.25) is 24.1 Å². The van der Waals surface area contributed by atoms with Crippen molar-refractivity contribution in [1.82, 2.24) is 14.8 Å². The number of morpholine rings is 1. The minimum absolute atomic E-state index is 0.0242. The number of nitrogens with one attached hydrogen (secondary N) is 1. The Kier molecular flexibility index (Phi) is 6.28. The number of carbonyl (C=O) groups is 3. The first-order chi connectivity index (χ1) is 19.3. The van der Waals surface area contributed by atoms with Crippen molar-refractivity contribution in [2.45, 2.75) is 42.5 Å². The summed E-state index contributed by atoms with van der Waals surface area (Å²) in [4.78, 5) is 60.3. The van der Waals surface area contributed by atoms with Crippen LogP contribution in [0, 0.1) is 29.6 Å². The number of amides is 3. The zero-order valence-corrected chi connectivity index (χ0v) is 23.8. The van der Waals surface area contributed by atoms with Crippen molar-refractivity contribution in [2.75, 3.05) is 32.9 Å². The van der Waals surface area contributed by atoms with Gasteiger partial charge in [-0.2, -0.15) is 0 Å². The van der Waals surface area contributed by atoms with Crippen LogP contribution in [0.2, 0.25) is 0 Å². The number of benzene rings is 1. The van der Waals surface area contributed by atoms with Crippen LogP contribution in [0.1, 0.15) is 36.6 Å². The van der Waals surface area contributed by atoms with Crippen molar-refractivity contribution in [3.63, 3.8) is 0 Å². The molecule has 4 heterocycles. The summed E-state index contributed by atoms with van der Waals surface area (Å²) < 4.78 is 11.0. The molecule has 212 valence electrons. The summed E-state index contributed by atoms with van der Waals surface area (Å²) in [6, 6.07) is 4.47. The van der Waals surface area contributed by atoms with Crippen molar-refractivity contribution >= 4 is 40.8 Å². The van der Waals surface area contributed by atoms with Crippen LogP contribution in [0.5, 0.6) is 11.5 Å². The number of carbonyl (C=O) groups excluding carboxylic acids is 3. The highest BCUT2D eigenvalue weighted by Crippen LogP contribution is 2.68. The number of hydrogen-bond acceptors (Lipinski definition) is 9. The van der Waals surface area contributed by atoms with Gasteiger partial charge in [0.2, 0.25) is 17.7 Å². The second-order valence-corrected chi connectivity index (χ2v) is 13.5. The third kappa shape index (κ3) is 3.71. The molecule has 10 nitrogen and oxygen atoms in total. The molecule has 3 amide bonds. The lowest BCUT2D eigenvalue weighted by Gasteiger charge is -2.43. The summed E-state index contributed by atoms with van der Waals surface area (Å²) in [5.74, 6) is -1.41. The molecule has 8 unspecified atom stereocenters. The van der Waals surface area contributed by atoms with Crippen LogP contribution in [-0.2, 0) is 19.1 Å². The molecule has 2 aliphatic carbocycles. The summed E-state index contributed by atoms with van der Waals surface area (Å²) in [5.41, 5.74) is 0.918. The standard InChI is InChI=1S/C28H31N3O7S2/c1-3-38-17-10-13(4-5-16(17)32)18-19-14-11-15(22(19)39-24-23(18)40-28(36)29-24)21-20(14)26(34)31(27(21)35)12(2)25(33)30-6-8-37-9-7-30/h4-5,10,12,14-15,18-22,32H,3,6-9,11H2,1-2H3,(H,29,36). The Morgan fingerprint density at radius 2 is 1.90 bits per heavy atom. The fourth-order valence-corrected chi connectivity index (χ4v) is 10.8. The lowest BCUT2D eigenvalue weighted by Crippen LogP contribution is -2.52. The van der Waals surface area contributed by atoms with E-state index in [1.54, 1.807) is 29.7 Å². The van der Waals surface area contributed by atoms with Gasteiger partial charge < -0.3 is 24.5 Å². The summed E-state index contributed by atoms with van der Waals surface area (Å²) in [7, 11) is 0. The number of fused-ring (bicyclic) bond motifs is 9. The Morgan fingerprint density at radius 3 is 2.62 bits per heavy atom. The molecule has 2 aromatic rings. The molecule has 12 heteroatoms. The highest BCUT2D eigenvalue weighted by atomic mass is 32.2. The van der Waals surface area contributed by atoms with E-state index in [9.17, 15) is 24.3 Å². The number of hydrogen-bond donors (Lipinski definition) is 2. The Labute approximate surface area is 239 Å². The third-order valence-electron chi connectivity index (χ3n) is 9.47. The highest BCUT2D eigenvalue weighted by molar-refractivity contribution is 8.00. The number of imide groups is 1. The van der Waals surface area contributed by atoms with Crippen LogP contribution in [-0.4, -0.2) is 81.8 Å². The zero-order valence-electron chi connectivity index (χ0n) is 22.2. The van der Waals surface area contributed by atoms with Gasteiger partial charge in [0.25, 0.3) is 0 Å². The van der Waals surface area contributed by atoms with E-state index < -0.39 is 17.9 Å². The lowest BCUT2D eigenvalue weighted by atomic mass is 9.68. The fraction of sp³-hybridized carbons (Fsp3) is 0.571. The topological polar surface area (TPSA) is 129 Å². The number of rotatable bonds is 5. The van der Waals surface area contributed by atoms with Gasteiger partial charge in [0, 0.05) is 29.1 Å². The maximum atomic E-state index is 14.0. The molecular formula is C28H31N3O7S2. The molecular weight excluding hydrogens is 554 g/mol. The fourth-order valence-electron chi connectivity index (χ4n) is 7.95. The van der Waals surface area contributed by atoms with Gasteiger partial charge in [0.05, 0.1) is 36.7 Å². The number of likely N-dealkylation sites (tertiary alicyclic amines) is 1. The van der Waals surface area contributed by atoms with E-state index >= 15 is 0 Å². The average molecular weight is 586 g/mol. The van der Waals surface area contributed by atoms with Gasteiger partial charge in [0.15, 0.2) is 11.5 Å². The second kappa shape index (κ2) is 9.63. The molecule has 0 spiro atoms. The van der Waals surface area contributed by atoms with Crippen LogP contribution in [0.15, 0.2) is 28.0 Å². The molecule has 0 radical (unpaired) electrons. The normalized spacial score (nSPS) is 33.1. The first-order valence-corrected chi connectivity index (χ1v) is 15.6. The monoisotopic (exact) mass is 585 g/mol. The van der Waals surface area contributed by atoms with Crippen molar-refractivity contribution in [1.29, 1.82) is 0 Å². The highest BCUT2D eigenvalue weighted by Gasteiger charge is 2.70. The van der Waals surface area contributed by atoms with Crippen molar-refractivity contribution in [3.8, 4) is 11.5 Å². The van der Waals surface area contributed by atoms with Crippen LogP contribution >= 0.6 is 23.1 Å². The Balaban J connectivity index is 1.24. The van der Waals surface area contributed by atoms with Gasteiger partial charge in [-0.1, -0.05) is 17.4 Å². The summed E-state index contributed by atoms with van der Waals surface area (Å²) in [6.07, 6.45) is 0.765. The van der Waals surface area contributed by atoms with E-state index in [1.165, 1.54) is 16.2 Å². The van der Waals surface area contributed by atoms with Gasteiger partial charge in [-0.15, -0.1) is 11.8 Å². The number of ether oxygens (including phenoxy) is 2. The van der Waals surface area contributed by atoms with Gasteiger partial charge >= 0.3 is 4.87 Å². The Bertz CT molecular complexity index is 1450. The Morgan fingerprint density at radius 1 is 1.18 bits per heavy atom. The molecule has 40 heavy (non-hydrogen) atoms. The van der Waals surface area contributed by atoms with Crippen LogP contribution in [0.4, 0.5) is 0 Å². The average Bonchev–Trinajstić information content (AvgIpc) is 3.68. The van der Waals surface area contributed by atoms with E-state index in [-0.39, 0.29) is 57.3 Å². The number of phenols is 1. The molecule has 2 saturated carbocycles. The quantitative estimate of drug-likeness (QED) is 0.512. The largest absolute Gasteiger partial charge is 0.504 e. The predicted molar refractivity (Wildman–Crippen MR) is 146 cm³/mol. The molecule has 1 aromatic carbocycles. The molecule has 1 aromatic heterocycles. The van der Waals surface area contributed by atoms with E-state index in [2.05, 4.69) is 4.98 Å². The molecule has 7 rings (SSSR count). The summed E-state index contributed by atoms with van der Waals surface area (Å²) in [5, 5.41) is 11.2. The molecule has 4 fully saturated rings.